The minimum atomic E-state index is -0.692. The molecule has 1 unspecified atom stereocenters. The summed E-state index contributed by atoms with van der Waals surface area (Å²) in [6, 6.07) is 16.7. The quantitative estimate of drug-likeness (QED) is 0.514. The van der Waals surface area contributed by atoms with Gasteiger partial charge in [0, 0.05) is 13.0 Å². The topological polar surface area (TPSA) is 78.4 Å². The minimum Gasteiger partial charge on any atom is -0.508 e. The Morgan fingerprint density at radius 3 is 2.28 bits per heavy atom. The zero-order valence-electron chi connectivity index (χ0n) is 17.6. The summed E-state index contributed by atoms with van der Waals surface area (Å²) in [4.78, 5) is 24.9. The maximum absolute atomic E-state index is 12.6. The van der Waals surface area contributed by atoms with Gasteiger partial charge in [-0.25, -0.2) is 0 Å². The van der Waals surface area contributed by atoms with Gasteiger partial charge in [0.1, 0.15) is 11.5 Å². The van der Waals surface area contributed by atoms with Gasteiger partial charge in [-0.3, -0.25) is 9.59 Å². The van der Waals surface area contributed by atoms with Crippen LogP contribution >= 0.6 is 0 Å². The van der Waals surface area contributed by atoms with Crippen LogP contribution in [0.2, 0.25) is 0 Å². The van der Waals surface area contributed by atoms with E-state index in [9.17, 15) is 14.7 Å². The van der Waals surface area contributed by atoms with Crippen LogP contribution in [0.15, 0.2) is 54.6 Å². The van der Waals surface area contributed by atoms with Gasteiger partial charge in [-0.1, -0.05) is 42.5 Å². The number of benzene rings is 2. The predicted molar refractivity (Wildman–Crippen MR) is 116 cm³/mol. The SMILES string of the molecule is CN[C@@H](CCc1ccc(O)cc1)C(=O)CCNC(C)(Cc1ccccc1)C(C)=O. The van der Waals surface area contributed by atoms with E-state index in [-0.39, 0.29) is 23.4 Å². The Kier molecular flexibility index (Phi) is 8.55. The fourth-order valence-corrected chi connectivity index (χ4v) is 3.39. The molecule has 2 aromatic carbocycles. The summed E-state index contributed by atoms with van der Waals surface area (Å²) in [7, 11) is 1.79. The van der Waals surface area contributed by atoms with E-state index in [1.807, 2.05) is 49.4 Å². The molecule has 0 aromatic heterocycles. The third kappa shape index (κ3) is 7.11. The lowest BCUT2D eigenvalue weighted by Crippen LogP contribution is -2.51. The summed E-state index contributed by atoms with van der Waals surface area (Å²) in [6.45, 7) is 3.94. The van der Waals surface area contributed by atoms with E-state index in [4.69, 9.17) is 0 Å². The lowest BCUT2D eigenvalue weighted by molar-refractivity contribution is -0.124. The Hall–Kier alpha value is -2.50. The van der Waals surface area contributed by atoms with E-state index < -0.39 is 5.54 Å². The number of aromatic hydroxyl groups is 1. The highest BCUT2D eigenvalue weighted by Crippen LogP contribution is 2.15. The van der Waals surface area contributed by atoms with Gasteiger partial charge in [0.25, 0.3) is 0 Å². The first kappa shape index (κ1) is 22.8. The van der Waals surface area contributed by atoms with E-state index >= 15 is 0 Å². The third-order valence-electron chi connectivity index (χ3n) is 5.46. The van der Waals surface area contributed by atoms with Crippen molar-refractivity contribution in [3.63, 3.8) is 0 Å². The highest BCUT2D eigenvalue weighted by molar-refractivity contribution is 5.86. The summed E-state index contributed by atoms with van der Waals surface area (Å²) in [6.07, 6.45) is 2.39. The first-order valence-electron chi connectivity index (χ1n) is 10.1. The highest BCUT2D eigenvalue weighted by Gasteiger charge is 2.29. The minimum absolute atomic E-state index is 0.0614. The van der Waals surface area contributed by atoms with Gasteiger partial charge in [0.15, 0.2) is 5.78 Å². The molecule has 0 amide bonds. The summed E-state index contributed by atoms with van der Waals surface area (Å²) in [5.41, 5.74) is 1.48. The molecule has 0 heterocycles. The second-order valence-electron chi connectivity index (χ2n) is 7.74. The molecule has 0 spiro atoms. The molecule has 5 nitrogen and oxygen atoms in total. The number of carbonyl (C=O) groups is 2. The second-order valence-corrected chi connectivity index (χ2v) is 7.74. The number of aryl methyl sites for hydroxylation is 1. The van der Waals surface area contributed by atoms with Crippen molar-refractivity contribution >= 4 is 11.6 Å². The molecule has 0 fully saturated rings. The lowest BCUT2D eigenvalue weighted by Gasteiger charge is -2.29. The highest BCUT2D eigenvalue weighted by atomic mass is 16.3. The van der Waals surface area contributed by atoms with Crippen LogP contribution in [-0.2, 0) is 22.4 Å². The van der Waals surface area contributed by atoms with Crippen LogP contribution < -0.4 is 10.6 Å². The van der Waals surface area contributed by atoms with Crippen LogP contribution in [0.5, 0.6) is 5.75 Å². The van der Waals surface area contributed by atoms with E-state index in [0.29, 0.717) is 25.8 Å². The Balaban J connectivity index is 1.86. The first-order valence-corrected chi connectivity index (χ1v) is 10.1. The average Bonchev–Trinajstić information content (AvgIpc) is 2.70. The molecular weight excluding hydrogens is 364 g/mol. The molecule has 0 bridgehead atoms. The van der Waals surface area contributed by atoms with Gasteiger partial charge in [0.05, 0.1) is 11.6 Å². The number of hydrogen-bond acceptors (Lipinski definition) is 5. The third-order valence-corrected chi connectivity index (χ3v) is 5.46. The molecule has 156 valence electrons. The molecule has 0 saturated heterocycles. The molecule has 2 rings (SSSR count). The number of hydrogen-bond donors (Lipinski definition) is 3. The Morgan fingerprint density at radius 2 is 1.69 bits per heavy atom. The number of Topliss-reactive ketones (excluding diaryl/α,β-unsaturated/α-hetero) is 2. The van der Waals surface area contributed by atoms with Crippen LogP contribution in [0.25, 0.3) is 0 Å². The number of carbonyl (C=O) groups excluding carboxylic acids is 2. The molecule has 3 N–H and O–H groups in total. The summed E-state index contributed by atoms with van der Waals surface area (Å²) < 4.78 is 0. The van der Waals surface area contributed by atoms with Gasteiger partial charge in [-0.05, 0) is 63.4 Å². The van der Waals surface area contributed by atoms with Crippen molar-refractivity contribution in [3.05, 3.63) is 65.7 Å². The number of phenols is 1. The average molecular weight is 397 g/mol. The van der Waals surface area contributed by atoms with Crippen LogP contribution in [0.3, 0.4) is 0 Å². The van der Waals surface area contributed by atoms with Crippen molar-refractivity contribution in [1.82, 2.24) is 10.6 Å². The maximum Gasteiger partial charge on any atom is 0.151 e. The Bertz CT molecular complexity index is 790. The monoisotopic (exact) mass is 396 g/mol. The van der Waals surface area contributed by atoms with E-state index in [2.05, 4.69) is 10.6 Å². The number of phenolic OH excluding ortho intramolecular Hbond substituents is 1. The smallest absolute Gasteiger partial charge is 0.151 e. The predicted octanol–water partition coefficient (Wildman–Crippen LogP) is 3.05. The van der Waals surface area contributed by atoms with E-state index in [1.54, 1.807) is 26.1 Å². The summed E-state index contributed by atoms with van der Waals surface area (Å²) in [5, 5.41) is 15.8. The summed E-state index contributed by atoms with van der Waals surface area (Å²) in [5.74, 6) is 0.431. The molecule has 0 saturated carbocycles. The zero-order valence-corrected chi connectivity index (χ0v) is 17.6. The Morgan fingerprint density at radius 1 is 1.03 bits per heavy atom. The van der Waals surface area contributed by atoms with Crippen molar-refractivity contribution in [2.24, 2.45) is 0 Å². The second kappa shape index (κ2) is 10.9. The fraction of sp³-hybridized carbons (Fsp3) is 0.417. The molecule has 0 aliphatic heterocycles. The van der Waals surface area contributed by atoms with Crippen LogP contribution in [0.4, 0.5) is 0 Å². The number of rotatable bonds is 12. The van der Waals surface area contributed by atoms with Crippen LogP contribution in [0, 0.1) is 0 Å². The van der Waals surface area contributed by atoms with Crippen molar-refractivity contribution < 1.29 is 14.7 Å². The largest absolute Gasteiger partial charge is 0.508 e. The van der Waals surface area contributed by atoms with E-state index in [1.165, 1.54) is 0 Å². The Labute approximate surface area is 173 Å². The van der Waals surface area contributed by atoms with Gasteiger partial charge < -0.3 is 15.7 Å². The van der Waals surface area contributed by atoms with Gasteiger partial charge in [-0.2, -0.15) is 0 Å². The molecule has 2 atom stereocenters. The number of ketones is 2. The lowest BCUT2D eigenvalue weighted by atomic mass is 9.89. The molecule has 29 heavy (non-hydrogen) atoms. The zero-order chi connectivity index (χ0) is 21.3. The standard InChI is InChI=1S/C24H32N2O3/c1-18(27)24(2,17-20-7-5-4-6-8-20)26-16-15-23(29)22(25-3)14-11-19-9-12-21(28)13-10-19/h4-10,12-13,22,25-26,28H,11,14-17H2,1-3H3/t22-,24?/m0/s1. The van der Waals surface area contributed by atoms with Crippen molar-refractivity contribution in [1.29, 1.82) is 0 Å². The molecule has 0 aliphatic carbocycles. The van der Waals surface area contributed by atoms with Gasteiger partial charge in [0.2, 0.25) is 0 Å². The number of nitrogens with one attached hydrogen (secondary N) is 2. The van der Waals surface area contributed by atoms with Gasteiger partial charge >= 0.3 is 0 Å². The number of likely N-dealkylation sites (N-methyl/N-ethyl adjacent to an activating group) is 1. The first-order chi connectivity index (χ1) is 13.8. The molecular formula is C24H32N2O3. The molecule has 0 aliphatic rings. The van der Waals surface area contributed by atoms with E-state index in [0.717, 1.165) is 17.5 Å². The normalized spacial score (nSPS) is 14.2. The van der Waals surface area contributed by atoms with Crippen molar-refractivity contribution in [2.75, 3.05) is 13.6 Å². The maximum atomic E-state index is 12.6. The van der Waals surface area contributed by atoms with Gasteiger partial charge in [-0.15, -0.1) is 0 Å². The fourth-order valence-electron chi connectivity index (χ4n) is 3.39. The summed E-state index contributed by atoms with van der Waals surface area (Å²) >= 11 is 0. The van der Waals surface area contributed by atoms with Crippen molar-refractivity contribution in [3.8, 4) is 5.75 Å². The van der Waals surface area contributed by atoms with Crippen LogP contribution in [0.1, 0.15) is 37.8 Å². The molecule has 0 radical (unpaired) electrons. The van der Waals surface area contributed by atoms with Crippen LogP contribution in [-0.4, -0.2) is 41.8 Å². The van der Waals surface area contributed by atoms with Crippen molar-refractivity contribution in [2.45, 2.75) is 51.1 Å². The molecule has 5 heteroatoms. The molecule has 2 aromatic rings.